The van der Waals surface area contributed by atoms with Gasteiger partial charge in [-0.1, -0.05) is 79.6 Å². The van der Waals surface area contributed by atoms with Crippen LogP contribution in [0.2, 0.25) is 0 Å². The van der Waals surface area contributed by atoms with Crippen LogP contribution < -0.4 is 4.74 Å². The maximum absolute atomic E-state index is 8.76. The molecule has 0 saturated heterocycles. The minimum Gasteiger partial charge on any atom is -0.508 e. The van der Waals surface area contributed by atoms with Gasteiger partial charge in [-0.3, -0.25) is 0 Å². The lowest BCUT2D eigenvalue weighted by Crippen LogP contribution is -1.98. The Bertz CT molecular complexity index is 866. The number of aryl methyl sites for hydroxylation is 2. The average molecular weight is 389 g/mol. The Labute approximate surface area is 175 Å². The van der Waals surface area contributed by atoms with Gasteiger partial charge in [-0.15, -0.1) is 0 Å². The molecule has 29 heavy (non-hydrogen) atoms. The van der Waals surface area contributed by atoms with E-state index >= 15 is 0 Å². The summed E-state index contributed by atoms with van der Waals surface area (Å²) in [6.45, 7) is 11.2. The van der Waals surface area contributed by atoms with Gasteiger partial charge in [-0.05, 0) is 67.7 Å². The third kappa shape index (κ3) is 8.27. The molecule has 1 N–H and O–H groups in total. The van der Waals surface area contributed by atoms with E-state index in [0.29, 0.717) is 18.3 Å². The van der Waals surface area contributed by atoms with Gasteiger partial charge in [-0.25, -0.2) is 0 Å². The maximum atomic E-state index is 8.76. The molecule has 0 amide bonds. The fraction of sp³-hybridized carbons (Fsp3) is 0.259. The Morgan fingerprint density at radius 2 is 1.34 bits per heavy atom. The monoisotopic (exact) mass is 388 g/mol. The summed E-state index contributed by atoms with van der Waals surface area (Å²) in [6.07, 6.45) is 2.18. The normalized spacial score (nSPS) is 11.0. The lowest BCUT2D eigenvalue weighted by atomic mass is 10.0. The summed E-state index contributed by atoms with van der Waals surface area (Å²) in [5, 5.41) is 8.76. The van der Waals surface area contributed by atoms with Gasteiger partial charge in [0.05, 0.1) is 0 Å². The van der Waals surface area contributed by atoms with Gasteiger partial charge in [0, 0.05) is 0 Å². The SMILES string of the molecule is CC(=Cc1ccc(C(C)C)cc1)COc1ccc(C)cc1.Cc1ccc(O)cc1. The first-order valence-electron chi connectivity index (χ1n) is 10.1. The van der Waals surface area contributed by atoms with Crippen LogP contribution in [-0.4, -0.2) is 11.7 Å². The molecule has 3 rings (SSSR count). The number of hydrogen-bond acceptors (Lipinski definition) is 2. The predicted molar refractivity (Wildman–Crippen MR) is 124 cm³/mol. The van der Waals surface area contributed by atoms with Crippen LogP contribution in [0, 0.1) is 13.8 Å². The van der Waals surface area contributed by atoms with E-state index in [9.17, 15) is 0 Å². The van der Waals surface area contributed by atoms with E-state index in [0.717, 1.165) is 5.75 Å². The van der Waals surface area contributed by atoms with Gasteiger partial charge >= 0.3 is 0 Å². The van der Waals surface area contributed by atoms with Crippen LogP contribution in [0.1, 0.15) is 48.9 Å². The molecule has 0 aliphatic heterocycles. The number of hydrogen-bond donors (Lipinski definition) is 1. The predicted octanol–water partition coefficient (Wildman–Crippen LogP) is 7.30. The molecule has 2 heteroatoms. The van der Waals surface area contributed by atoms with Crippen molar-refractivity contribution < 1.29 is 9.84 Å². The van der Waals surface area contributed by atoms with E-state index < -0.39 is 0 Å². The molecule has 0 aliphatic carbocycles. The summed E-state index contributed by atoms with van der Waals surface area (Å²) in [6, 6.07) is 24.0. The molecule has 0 heterocycles. The fourth-order valence-corrected chi connectivity index (χ4v) is 2.68. The molecule has 0 bridgehead atoms. The molecule has 0 unspecified atom stereocenters. The lowest BCUT2D eigenvalue weighted by molar-refractivity contribution is 0.353. The summed E-state index contributed by atoms with van der Waals surface area (Å²) >= 11 is 0. The summed E-state index contributed by atoms with van der Waals surface area (Å²) in [5.41, 5.74) is 6.24. The topological polar surface area (TPSA) is 29.5 Å². The highest BCUT2D eigenvalue weighted by Crippen LogP contribution is 2.17. The van der Waals surface area contributed by atoms with Gasteiger partial charge in [-0.2, -0.15) is 0 Å². The second kappa shape index (κ2) is 11.1. The fourth-order valence-electron chi connectivity index (χ4n) is 2.68. The molecule has 0 fully saturated rings. The van der Waals surface area contributed by atoms with Gasteiger partial charge < -0.3 is 9.84 Å². The molecular formula is C27H32O2. The summed E-state index contributed by atoms with van der Waals surface area (Å²) in [7, 11) is 0. The van der Waals surface area contributed by atoms with Gasteiger partial charge in [0.15, 0.2) is 0 Å². The van der Waals surface area contributed by atoms with Crippen LogP contribution in [0.3, 0.4) is 0 Å². The van der Waals surface area contributed by atoms with Crippen LogP contribution in [0.15, 0.2) is 78.4 Å². The Morgan fingerprint density at radius 3 is 1.83 bits per heavy atom. The van der Waals surface area contributed by atoms with E-state index in [1.54, 1.807) is 12.1 Å². The lowest BCUT2D eigenvalue weighted by Gasteiger charge is -2.08. The van der Waals surface area contributed by atoms with E-state index in [1.165, 1.54) is 27.8 Å². The zero-order valence-corrected chi connectivity index (χ0v) is 18.1. The highest BCUT2D eigenvalue weighted by molar-refractivity contribution is 5.53. The van der Waals surface area contributed by atoms with Crippen LogP contribution in [-0.2, 0) is 0 Å². The van der Waals surface area contributed by atoms with Gasteiger partial charge in [0.2, 0.25) is 0 Å². The smallest absolute Gasteiger partial charge is 0.119 e. The summed E-state index contributed by atoms with van der Waals surface area (Å²) in [4.78, 5) is 0. The highest BCUT2D eigenvalue weighted by atomic mass is 16.5. The van der Waals surface area contributed by atoms with Crippen molar-refractivity contribution in [2.45, 2.75) is 40.5 Å². The summed E-state index contributed by atoms with van der Waals surface area (Å²) < 4.78 is 5.79. The van der Waals surface area contributed by atoms with E-state index in [-0.39, 0.29) is 0 Å². The number of ether oxygens (including phenoxy) is 1. The van der Waals surface area contributed by atoms with Crippen LogP contribution >= 0.6 is 0 Å². The average Bonchev–Trinajstić information content (AvgIpc) is 2.71. The van der Waals surface area contributed by atoms with Crippen molar-refractivity contribution in [1.82, 2.24) is 0 Å². The Morgan fingerprint density at radius 1 is 0.828 bits per heavy atom. The number of benzene rings is 3. The number of aromatic hydroxyl groups is 1. The molecule has 3 aromatic carbocycles. The van der Waals surface area contributed by atoms with E-state index in [2.05, 4.69) is 70.2 Å². The molecular weight excluding hydrogens is 356 g/mol. The third-order valence-electron chi connectivity index (χ3n) is 4.54. The largest absolute Gasteiger partial charge is 0.508 e. The molecule has 0 aliphatic rings. The number of rotatable bonds is 5. The van der Waals surface area contributed by atoms with Crippen molar-refractivity contribution in [1.29, 1.82) is 0 Å². The molecule has 0 atom stereocenters. The molecule has 0 aromatic heterocycles. The van der Waals surface area contributed by atoms with Crippen molar-refractivity contribution in [3.05, 3.63) is 101 Å². The van der Waals surface area contributed by atoms with E-state index in [4.69, 9.17) is 9.84 Å². The number of phenols is 1. The van der Waals surface area contributed by atoms with Crippen LogP contribution in [0.4, 0.5) is 0 Å². The first kappa shape index (κ1) is 22.3. The molecule has 0 saturated carbocycles. The molecule has 0 spiro atoms. The second-order valence-corrected chi connectivity index (χ2v) is 7.75. The van der Waals surface area contributed by atoms with Crippen molar-refractivity contribution in [3.63, 3.8) is 0 Å². The van der Waals surface area contributed by atoms with Gasteiger partial charge in [0.1, 0.15) is 18.1 Å². The van der Waals surface area contributed by atoms with Crippen molar-refractivity contribution >= 4 is 6.08 Å². The van der Waals surface area contributed by atoms with E-state index in [1.807, 2.05) is 31.2 Å². The molecule has 3 aromatic rings. The quantitative estimate of drug-likeness (QED) is 0.497. The minimum absolute atomic E-state index is 0.329. The van der Waals surface area contributed by atoms with Crippen LogP contribution in [0.5, 0.6) is 11.5 Å². The first-order chi connectivity index (χ1) is 13.8. The first-order valence-corrected chi connectivity index (χ1v) is 10.1. The van der Waals surface area contributed by atoms with Crippen LogP contribution in [0.25, 0.3) is 6.08 Å². The van der Waals surface area contributed by atoms with Gasteiger partial charge in [0.25, 0.3) is 0 Å². The third-order valence-corrected chi connectivity index (χ3v) is 4.54. The highest BCUT2D eigenvalue weighted by Gasteiger charge is 1.99. The Balaban J connectivity index is 0.000000313. The molecule has 152 valence electrons. The van der Waals surface area contributed by atoms with Crippen molar-refractivity contribution in [3.8, 4) is 11.5 Å². The van der Waals surface area contributed by atoms with Crippen molar-refractivity contribution in [2.24, 2.45) is 0 Å². The molecule has 2 nitrogen and oxygen atoms in total. The summed E-state index contributed by atoms with van der Waals surface area (Å²) in [5.74, 6) is 1.83. The number of phenolic OH excluding ortho intramolecular Hbond substituents is 1. The minimum atomic E-state index is 0.329. The maximum Gasteiger partial charge on any atom is 0.119 e. The second-order valence-electron chi connectivity index (χ2n) is 7.75. The van der Waals surface area contributed by atoms with Crippen molar-refractivity contribution in [2.75, 3.05) is 6.61 Å². The zero-order chi connectivity index (χ0) is 21.2. The Kier molecular flexibility index (Phi) is 8.54. The standard InChI is InChI=1S/C20H24O.C7H8O/c1-15(2)19-9-7-18(8-10-19)13-17(4)14-21-20-11-5-16(3)6-12-20;1-6-2-4-7(8)5-3-6/h5-13,15H,14H2,1-4H3;2-5,8H,1H3. The molecule has 0 radical (unpaired) electrons. The zero-order valence-electron chi connectivity index (χ0n) is 18.1. The Hall–Kier alpha value is -3.00.